The van der Waals surface area contributed by atoms with Gasteiger partial charge in [-0.05, 0) is 30.4 Å². The third kappa shape index (κ3) is 1.69. The number of fused-ring (bicyclic) bond motifs is 3. The molecule has 4 rings (SSSR count). The van der Waals surface area contributed by atoms with Crippen LogP contribution < -0.4 is 5.32 Å². The van der Waals surface area contributed by atoms with Gasteiger partial charge >= 0.3 is 0 Å². The molecule has 0 unspecified atom stereocenters. The van der Waals surface area contributed by atoms with E-state index in [1.807, 2.05) is 31.2 Å². The van der Waals surface area contributed by atoms with E-state index >= 15 is 0 Å². The Hall–Kier alpha value is -1.75. The fourth-order valence-electron chi connectivity index (χ4n) is 4.50. The van der Waals surface area contributed by atoms with Crippen LogP contribution in [0.5, 0.6) is 0 Å². The topological polar surface area (TPSA) is 59.1 Å². The van der Waals surface area contributed by atoms with Crippen molar-refractivity contribution in [2.75, 3.05) is 5.32 Å². The highest BCUT2D eigenvalue weighted by atomic mass is 32.1. The second kappa shape index (κ2) is 4.41. The largest absolute Gasteiger partial charge is 0.301 e. The quantitative estimate of drug-likeness (QED) is 0.906. The van der Waals surface area contributed by atoms with Gasteiger partial charge in [0.2, 0.25) is 5.91 Å². The highest BCUT2D eigenvalue weighted by Crippen LogP contribution is 2.70. The van der Waals surface area contributed by atoms with E-state index in [4.69, 9.17) is 0 Å². The summed E-state index contributed by atoms with van der Waals surface area (Å²) in [4.78, 5) is 30.0. The number of ketones is 1. The van der Waals surface area contributed by atoms with Crippen LogP contribution in [0.1, 0.15) is 40.0 Å². The van der Waals surface area contributed by atoms with Crippen LogP contribution in [0.25, 0.3) is 10.2 Å². The molecule has 2 bridgehead atoms. The summed E-state index contributed by atoms with van der Waals surface area (Å²) in [5.41, 5.74) is -0.407. The standard InChI is InChI=1S/C18H20N2O2S/c1-16(2)17(3)8-9-18(16,10-13(17)21)14(22)20-15-19-11-6-4-5-7-12(11)23-15/h4-7H,8-10H2,1-3H3,(H,19,20,22)/t17-,18-/m0/s1. The van der Waals surface area contributed by atoms with E-state index < -0.39 is 5.41 Å². The van der Waals surface area contributed by atoms with Crippen molar-refractivity contribution < 1.29 is 9.59 Å². The zero-order valence-electron chi connectivity index (χ0n) is 13.6. The zero-order chi connectivity index (χ0) is 16.5. The summed E-state index contributed by atoms with van der Waals surface area (Å²) in [5.74, 6) is 0.185. The molecule has 1 heterocycles. The number of hydrogen-bond donors (Lipinski definition) is 1. The third-order valence-electron chi connectivity index (χ3n) is 6.65. The Morgan fingerprint density at radius 2 is 1.96 bits per heavy atom. The van der Waals surface area contributed by atoms with Gasteiger partial charge in [0.15, 0.2) is 5.13 Å². The number of nitrogens with zero attached hydrogens (tertiary/aromatic N) is 1. The van der Waals surface area contributed by atoms with Gasteiger partial charge in [-0.15, -0.1) is 0 Å². The van der Waals surface area contributed by atoms with E-state index in [0.717, 1.165) is 23.1 Å². The lowest BCUT2D eigenvalue weighted by molar-refractivity contribution is -0.131. The maximum atomic E-state index is 13.1. The Morgan fingerprint density at radius 1 is 1.22 bits per heavy atom. The monoisotopic (exact) mass is 328 g/mol. The first-order valence-corrected chi connectivity index (χ1v) is 8.82. The van der Waals surface area contributed by atoms with Crippen molar-refractivity contribution in [2.24, 2.45) is 16.2 Å². The Kier molecular flexibility index (Phi) is 2.84. The number of thiazole rings is 1. The smallest absolute Gasteiger partial charge is 0.233 e. The van der Waals surface area contributed by atoms with Crippen LogP contribution in [-0.4, -0.2) is 16.7 Å². The molecular formula is C18H20N2O2S. The minimum atomic E-state index is -0.601. The molecule has 0 aliphatic heterocycles. The van der Waals surface area contributed by atoms with Crippen molar-refractivity contribution in [3.8, 4) is 0 Å². The lowest BCUT2D eigenvalue weighted by atomic mass is 9.64. The Balaban J connectivity index is 1.68. The number of carbonyl (C=O) groups is 2. The Labute approximate surface area is 139 Å². The number of nitrogens with one attached hydrogen (secondary N) is 1. The molecule has 2 atom stereocenters. The van der Waals surface area contributed by atoms with Crippen LogP contribution in [-0.2, 0) is 9.59 Å². The molecular weight excluding hydrogens is 308 g/mol. The number of para-hydroxylation sites is 1. The van der Waals surface area contributed by atoms with Crippen molar-refractivity contribution in [2.45, 2.75) is 40.0 Å². The van der Waals surface area contributed by atoms with Crippen LogP contribution in [0.2, 0.25) is 0 Å². The number of carbonyl (C=O) groups excluding carboxylic acids is 2. The highest BCUT2D eigenvalue weighted by molar-refractivity contribution is 7.22. The molecule has 1 aromatic heterocycles. The molecule has 4 nitrogen and oxygen atoms in total. The Morgan fingerprint density at radius 3 is 2.57 bits per heavy atom. The normalized spacial score (nSPS) is 31.7. The second-order valence-electron chi connectivity index (χ2n) is 7.58. The Bertz CT molecular complexity index is 807. The van der Waals surface area contributed by atoms with Gasteiger partial charge in [-0.3, -0.25) is 9.59 Å². The van der Waals surface area contributed by atoms with Gasteiger partial charge in [-0.25, -0.2) is 4.98 Å². The van der Waals surface area contributed by atoms with Crippen molar-refractivity contribution in [1.82, 2.24) is 4.98 Å². The van der Waals surface area contributed by atoms with Gasteiger partial charge in [0.05, 0.1) is 15.6 Å². The van der Waals surface area contributed by atoms with Crippen LogP contribution in [0.3, 0.4) is 0 Å². The minimum absolute atomic E-state index is 0.0452. The van der Waals surface area contributed by atoms with Gasteiger partial charge in [-0.1, -0.05) is 44.2 Å². The van der Waals surface area contributed by atoms with Gasteiger partial charge in [0, 0.05) is 11.8 Å². The number of benzene rings is 1. The number of amides is 1. The molecule has 0 spiro atoms. The molecule has 2 aliphatic rings. The fraction of sp³-hybridized carbons (Fsp3) is 0.500. The molecule has 1 aromatic carbocycles. The molecule has 2 saturated carbocycles. The lowest BCUT2D eigenvalue weighted by Gasteiger charge is -2.38. The molecule has 0 radical (unpaired) electrons. The number of rotatable bonds is 2. The minimum Gasteiger partial charge on any atom is -0.301 e. The first kappa shape index (κ1) is 14.8. The molecule has 2 aliphatic carbocycles. The maximum absolute atomic E-state index is 13.1. The average Bonchev–Trinajstić information content (AvgIpc) is 3.04. The van der Waals surface area contributed by atoms with Crippen molar-refractivity contribution in [3.05, 3.63) is 24.3 Å². The molecule has 5 heteroatoms. The molecule has 1 amide bonds. The van der Waals surface area contributed by atoms with Gasteiger partial charge in [0.25, 0.3) is 0 Å². The van der Waals surface area contributed by atoms with Crippen molar-refractivity contribution >= 4 is 38.4 Å². The number of Topliss-reactive ketones (excluding diaryl/α,β-unsaturated/α-hetero) is 1. The van der Waals surface area contributed by atoms with Gasteiger partial charge in [0.1, 0.15) is 5.78 Å². The first-order chi connectivity index (χ1) is 10.8. The predicted molar refractivity (Wildman–Crippen MR) is 91.4 cm³/mol. The number of anilines is 1. The molecule has 0 saturated heterocycles. The molecule has 2 fully saturated rings. The van der Waals surface area contributed by atoms with Gasteiger partial charge < -0.3 is 5.32 Å². The van der Waals surface area contributed by atoms with Crippen molar-refractivity contribution in [3.63, 3.8) is 0 Å². The molecule has 120 valence electrons. The van der Waals surface area contributed by atoms with E-state index in [2.05, 4.69) is 24.1 Å². The number of hydrogen-bond acceptors (Lipinski definition) is 4. The summed E-state index contributed by atoms with van der Waals surface area (Å²) in [6.45, 7) is 6.17. The zero-order valence-corrected chi connectivity index (χ0v) is 14.4. The van der Waals surface area contributed by atoms with Gasteiger partial charge in [-0.2, -0.15) is 0 Å². The van der Waals surface area contributed by atoms with Crippen LogP contribution in [0.15, 0.2) is 24.3 Å². The lowest BCUT2D eigenvalue weighted by Crippen LogP contribution is -2.43. The molecule has 2 aromatic rings. The van der Waals surface area contributed by atoms with E-state index in [0.29, 0.717) is 11.6 Å². The van der Waals surface area contributed by atoms with E-state index in [1.165, 1.54) is 11.3 Å². The second-order valence-corrected chi connectivity index (χ2v) is 8.61. The molecule has 1 N–H and O–H groups in total. The average molecular weight is 328 g/mol. The van der Waals surface area contributed by atoms with E-state index in [9.17, 15) is 9.59 Å². The van der Waals surface area contributed by atoms with Crippen LogP contribution >= 0.6 is 11.3 Å². The fourth-order valence-corrected chi connectivity index (χ4v) is 5.36. The summed E-state index contributed by atoms with van der Waals surface area (Å²) in [6.07, 6.45) is 1.93. The summed E-state index contributed by atoms with van der Waals surface area (Å²) in [7, 11) is 0. The van der Waals surface area contributed by atoms with E-state index in [1.54, 1.807) is 0 Å². The SMILES string of the molecule is CC1(C)[C@@]2(C(=O)Nc3nc4ccccc4s3)CC[C@@]1(C)C(=O)C2. The summed E-state index contributed by atoms with van der Waals surface area (Å²) in [6, 6.07) is 7.84. The first-order valence-electron chi connectivity index (χ1n) is 8.01. The summed E-state index contributed by atoms with van der Waals surface area (Å²) >= 11 is 1.48. The van der Waals surface area contributed by atoms with Crippen LogP contribution in [0, 0.1) is 16.2 Å². The predicted octanol–water partition coefficient (Wildman–Crippen LogP) is 4.02. The summed E-state index contributed by atoms with van der Waals surface area (Å²) in [5, 5.41) is 3.62. The summed E-state index contributed by atoms with van der Waals surface area (Å²) < 4.78 is 1.05. The highest BCUT2D eigenvalue weighted by Gasteiger charge is 2.72. The molecule has 23 heavy (non-hydrogen) atoms. The maximum Gasteiger partial charge on any atom is 0.233 e. The van der Waals surface area contributed by atoms with Crippen LogP contribution in [0.4, 0.5) is 5.13 Å². The van der Waals surface area contributed by atoms with Crippen molar-refractivity contribution in [1.29, 1.82) is 0 Å². The number of aromatic nitrogens is 1. The third-order valence-corrected chi connectivity index (χ3v) is 7.61. The van der Waals surface area contributed by atoms with E-state index in [-0.39, 0.29) is 22.5 Å².